The number of hydrogen-bond donors (Lipinski definition) is 0. The minimum absolute atomic E-state index is 0.705. The highest BCUT2D eigenvalue weighted by Gasteiger charge is 2.24. The van der Waals surface area contributed by atoms with Crippen molar-refractivity contribution in [3.05, 3.63) is 24.0 Å². The van der Waals surface area contributed by atoms with Crippen LogP contribution in [0.5, 0.6) is 5.88 Å². The van der Waals surface area contributed by atoms with Gasteiger partial charge in [-0.15, -0.1) is 4.37 Å². The summed E-state index contributed by atoms with van der Waals surface area (Å²) in [6.07, 6.45) is 8.75. The van der Waals surface area contributed by atoms with E-state index in [0.717, 1.165) is 24.8 Å². The molecule has 1 saturated carbocycles. The van der Waals surface area contributed by atoms with Gasteiger partial charge in [0.1, 0.15) is 5.69 Å². The van der Waals surface area contributed by atoms with Crippen molar-refractivity contribution in [2.24, 2.45) is 5.92 Å². The van der Waals surface area contributed by atoms with Gasteiger partial charge >= 0.3 is 0 Å². The van der Waals surface area contributed by atoms with Crippen LogP contribution in [0.25, 0.3) is 5.57 Å². The highest BCUT2D eigenvalue weighted by Crippen LogP contribution is 2.31. The van der Waals surface area contributed by atoms with E-state index < -0.39 is 0 Å². The fraction of sp³-hybridized carbons (Fsp3) is 0.500. The summed E-state index contributed by atoms with van der Waals surface area (Å²) in [7, 11) is 2.05. The van der Waals surface area contributed by atoms with Crippen LogP contribution < -0.4 is 4.74 Å². The zero-order valence-electron chi connectivity index (χ0n) is 9.80. The van der Waals surface area contributed by atoms with Gasteiger partial charge in [0.2, 0.25) is 0 Å². The van der Waals surface area contributed by atoms with Gasteiger partial charge in [0, 0.05) is 19.2 Å². The first kappa shape index (κ1) is 10.8. The van der Waals surface area contributed by atoms with Crippen LogP contribution in [0.15, 0.2) is 18.4 Å². The molecule has 0 atom stereocenters. The van der Waals surface area contributed by atoms with Gasteiger partial charge in [-0.05, 0) is 31.0 Å². The monoisotopic (exact) mass is 249 g/mol. The molecule has 0 spiro atoms. The van der Waals surface area contributed by atoms with Gasteiger partial charge in [-0.3, -0.25) is 0 Å². The van der Waals surface area contributed by atoms with Gasteiger partial charge in [0.05, 0.1) is 18.3 Å². The third-order valence-electron chi connectivity index (χ3n) is 2.97. The molecule has 17 heavy (non-hydrogen) atoms. The normalized spacial score (nSPS) is 19.4. The summed E-state index contributed by atoms with van der Waals surface area (Å²) in [6.45, 7) is 1.65. The number of allylic oxidation sites excluding steroid dienone is 2. The Hall–Kier alpha value is -1.36. The van der Waals surface area contributed by atoms with E-state index in [1.54, 1.807) is 0 Å². The Balaban J connectivity index is 1.75. The predicted octanol–water partition coefficient (Wildman–Crippen LogP) is 2.17. The molecule has 1 aliphatic heterocycles. The van der Waals surface area contributed by atoms with Crippen molar-refractivity contribution in [3.8, 4) is 5.88 Å². The van der Waals surface area contributed by atoms with Crippen molar-refractivity contribution in [1.29, 1.82) is 0 Å². The Kier molecular flexibility index (Phi) is 2.84. The lowest BCUT2D eigenvalue weighted by Crippen LogP contribution is -2.16. The zero-order valence-corrected chi connectivity index (χ0v) is 10.6. The molecular formula is C12H15N3OS. The molecule has 2 aliphatic rings. The average Bonchev–Trinajstić information content (AvgIpc) is 3.04. The lowest BCUT2D eigenvalue weighted by Gasteiger charge is -2.18. The van der Waals surface area contributed by atoms with E-state index in [1.807, 2.05) is 19.3 Å². The summed E-state index contributed by atoms with van der Waals surface area (Å²) >= 11 is 1.22. The second kappa shape index (κ2) is 4.49. The van der Waals surface area contributed by atoms with Gasteiger partial charge in [-0.1, -0.05) is 6.08 Å². The van der Waals surface area contributed by atoms with Crippen LogP contribution in [0.4, 0.5) is 0 Å². The van der Waals surface area contributed by atoms with Crippen molar-refractivity contribution < 1.29 is 4.74 Å². The quantitative estimate of drug-likeness (QED) is 0.819. The highest BCUT2D eigenvalue weighted by atomic mass is 32.1. The fourth-order valence-electron chi connectivity index (χ4n) is 1.79. The van der Waals surface area contributed by atoms with Crippen LogP contribution in [0.2, 0.25) is 0 Å². The van der Waals surface area contributed by atoms with Crippen molar-refractivity contribution in [2.45, 2.75) is 12.8 Å². The lowest BCUT2D eigenvalue weighted by molar-refractivity contribution is 0.290. The van der Waals surface area contributed by atoms with E-state index in [1.165, 1.54) is 30.1 Å². The molecule has 0 aromatic carbocycles. The first-order valence-electron chi connectivity index (χ1n) is 5.86. The summed E-state index contributed by atoms with van der Waals surface area (Å²) in [5.74, 6) is 1.45. The molecule has 90 valence electrons. The van der Waals surface area contributed by atoms with E-state index in [9.17, 15) is 0 Å². The molecule has 4 nitrogen and oxygen atoms in total. The molecule has 0 unspecified atom stereocenters. The predicted molar refractivity (Wildman–Crippen MR) is 67.9 cm³/mol. The third-order valence-corrected chi connectivity index (χ3v) is 3.48. The Bertz CT molecular complexity index is 462. The lowest BCUT2D eigenvalue weighted by atomic mass is 10.1. The van der Waals surface area contributed by atoms with Crippen LogP contribution in [0, 0.1) is 5.92 Å². The number of aromatic nitrogens is 2. The van der Waals surface area contributed by atoms with Gasteiger partial charge in [-0.25, -0.2) is 0 Å². The van der Waals surface area contributed by atoms with Gasteiger partial charge < -0.3 is 9.64 Å². The van der Waals surface area contributed by atoms with Crippen LogP contribution in [-0.2, 0) is 0 Å². The molecule has 1 fully saturated rings. The average molecular weight is 249 g/mol. The summed E-state index contributed by atoms with van der Waals surface area (Å²) in [5, 5.41) is 0. The molecule has 1 aliphatic carbocycles. The molecule has 5 heteroatoms. The molecule has 0 amide bonds. The molecule has 2 heterocycles. The van der Waals surface area contributed by atoms with E-state index in [0.29, 0.717) is 5.88 Å². The van der Waals surface area contributed by atoms with E-state index in [2.05, 4.69) is 19.7 Å². The van der Waals surface area contributed by atoms with Gasteiger partial charge in [0.25, 0.3) is 5.88 Å². The Morgan fingerprint density at radius 1 is 1.47 bits per heavy atom. The Labute approximate surface area is 105 Å². The molecule has 0 bridgehead atoms. The van der Waals surface area contributed by atoms with Crippen LogP contribution in [-0.4, -0.2) is 33.8 Å². The van der Waals surface area contributed by atoms with Gasteiger partial charge in [-0.2, -0.15) is 4.37 Å². The van der Waals surface area contributed by atoms with E-state index in [4.69, 9.17) is 4.74 Å². The Morgan fingerprint density at radius 3 is 3.12 bits per heavy atom. The van der Waals surface area contributed by atoms with Crippen molar-refractivity contribution in [2.75, 3.05) is 20.2 Å². The first-order valence-corrected chi connectivity index (χ1v) is 6.59. The summed E-state index contributed by atoms with van der Waals surface area (Å²) in [6, 6.07) is 0. The molecule has 0 N–H and O–H groups in total. The Morgan fingerprint density at radius 2 is 2.35 bits per heavy atom. The van der Waals surface area contributed by atoms with Crippen LogP contribution >= 0.6 is 11.7 Å². The number of nitrogens with zero attached hydrogens (tertiary/aromatic N) is 3. The zero-order chi connectivity index (χ0) is 11.7. The second-order valence-electron chi connectivity index (χ2n) is 4.62. The topological polar surface area (TPSA) is 38.2 Å². The molecule has 3 rings (SSSR count). The number of rotatable bonds is 4. The first-order chi connectivity index (χ1) is 8.33. The number of hydrogen-bond acceptors (Lipinski definition) is 5. The summed E-state index contributed by atoms with van der Waals surface area (Å²) in [5.41, 5.74) is 2.08. The SMILES string of the molecule is CN1C=CC=C(c2nsnc2OCC2CC2)C1. The maximum Gasteiger partial charge on any atom is 0.253 e. The van der Waals surface area contributed by atoms with E-state index >= 15 is 0 Å². The summed E-state index contributed by atoms with van der Waals surface area (Å²) in [4.78, 5) is 2.12. The standard InChI is InChI=1S/C12H15N3OS/c1-15-6-2-3-10(7-15)11-12(14-17-13-11)16-8-9-4-5-9/h2-3,6,9H,4-5,7-8H2,1H3. The smallest absolute Gasteiger partial charge is 0.253 e. The number of likely N-dealkylation sites (N-methyl/N-ethyl adjacent to an activating group) is 1. The van der Waals surface area contributed by atoms with Crippen molar-refractivity contribution >= 4 is 17.3 Å². The van der Waals surface area contributed by atoms with Crippen molar-refractivity contribution in [3.63, 3.8) is 0 Å². The van der Waals surface area contributed by atoms with Crippen molar-refractivity contribution in [1.82, 2.24) is 13.6 Å². The molecular weight excluding hydrogens is 234 g/mol. The minimum atomic E-state index is 0.705. The fourth-order valence-corrected chi connectivity index (χ4v) is 2.32. The van der Waals surface area contributed by atoms with Crippen LogP contribution in [0.3, 0.4) is 0 Å². The molecule has 1 aromatic heterocycles. The third kappa shape index (κ3) is 2.49. The minimum Gasteiger partial charge on any atom is -0.475 e. The van der Waals surface area contributed by atoms with Gasteiger partial charge in [0.15, 0.2) is 0 Å². The number of ether oxygens (including phenoxy) is 1. The largest absolute Gasteiger partial charge is 0.475 e. The summed E-state index contributed by atoms with van der Waals surface area (Å²) < 4.78 is 14.3. The molecule has 0 saturated heterocycles. The second-order valence-corrected chi connectivity index (χ2v) is 5.15. The maximum absolute atomic E-state index is 5.74. The molecule has 0 radical (unpaired) electrons. The van der Waals surface area contributed by atoms with E-state index in [-0.39, 0.29) is 0 Å². The molecule has 1 aromatic rings. The highest BCUT2D eigenvalue weighted by molar-refractivity contribution is 6.99. The van der Waals surface area contributed by atoms with Crippen LogP contribution in [0.1, 0.15) is 18.5 Å². The maximum atomic E-state index is 5.74.